The van der Waals surface area contributed by atoms with Gasteiger partial charge in [-0.25, -0.2) is 0 Å². The van der Waals surface area contributed by atoms with Gasteiger partial charge in [0.2, 0.25) is 0 Å². The van der Waals surface area contributed by atoms with Crippen molar-refractivity contribution in [2.75, 3.05) is 13.7 Å². The van der Waals surface area contributed by atoms with E-state index in [1.165, 1.54) is 0 Å². The molecule has 0 aliphatic carbocycles. The predicted octanol–water partition coefficient (Wildman–Crippen LogP) is 2.91. The van der Waals surface area contributed by atoms with Crippen LogP contribution in [0.15, 0.2) is 35.9 Å². The first-order valence-electron chi connectivity index (χ1n) is 3.72. The fourth-order valence-corrected chi connectivity index (χ4v) is 1.17. The minimum absolute atomic E-state index is 0.549. The molecule has 1 nitrogen and oxygen atoms in total. The summed E-state index contributed by atoms with van der Waals surface area (Å²) in [6, 6.07) is 9.94. The summed E-state index contributed by atoms with van der Waals surface area (Å²) >= 11 is 5.64. The minimum atomic E-state index is 0.549. The average Bonchev–Trinajstić information content (AvgIpc) is 2.15. The Morgan fingerprint density at radius 3 is 2.58 bits per heavy atom. The van der Waals surface area contributed by atoms with Gasteiger partial charge in [-0.05, 0) is 11.1 Å². The maximum atomic E-state index is 5.64. The van der Waals surface area contributed by atoms with Crippen LogP contribution >= 0.6 is 11.6 Å². The van der Waals surface area contributed by atoms with E-state index in [1.54, 1.807) is 12.6 Å². The lowest BCUT2D eigenvalue weighted by Crippen LogP contribution is -1.92. The van der Waals surface area contributed by atoms with Crippen LogP contribution in [0.1, 0.15) is 5.56 Å². The van der Waals surface area contributed by atoms with Crippen molar-refractivity contribution >= 4 is 17.2 Å². The second-order valence-corrected chi connectivity index (χ2v) is 2.65. The molecule has 0 N–H and O–H groups in total. The van der Waals surface area contributed by atoms with Crippen LogP contribution in [0.5, 0.6) is 0 Å². The first kappa shape index (κ1) is 9.30. The molecule has 0 amide bonds. The van der Waals surface area contributed by atoms with Gasteiger partial charge in [0, 0.05) is 12.6 Å². The van der Waals surface area contributed by atoms with Gasteiger partial charge in [-0.2, -0.15) is 0 Å². The molecule has 1 aromatic rings. The van der Waals surface area contributed by atoms with E-state index >= 15 is 0 Å². The summed E-state index contributed by atoms with van der Waals surface area (Å²) in [5.74, 6) is 0. The summed E-state index contributed by atoms with van der Waals surface area (Å²) in [5, 5.41) is 0. The third-order valence-electron chi connectivity index (χ3n) is 1.58. The molecule has 2 heteroatoms. The zero-order valence-electron chi connectivity index (χ0n) is 6.96. The fourth-order valence-electron chi connectivity index (χ4n) is 0.986. The lowest BCUT2D eigenvalue weighted by molar-refractivity contribution is 0.240. The van der Waals surface area contributed by atoms with E-state index in [2.05, 4.69) is 0 Å². The van der Waals surface area contributed by atoms with E-state index < -0.39 is 0 Å². The fraction of sp³-hybridized carbons (Fsp3) is 0.200. The molecule has 0 fully saturated rings. The van der Waals surface area contributed by atoms with Crippen molar-refractivity contribution in [1.29, 1.82) is 0 Å². The first-order chi connectivity index (χ1) is 5.88. The number of hydrogen-bond acceptors (Lipinski definition) is 1. The molecule has 0 aliphatic heterocycles. The lowest BCUT2D eigenvalue weighted by atomic mass is 10.1. The molecule has 64 valence electrons. The van der Waals surface area contributed by atoms with Gasteiger partial charge in [0.15, 0.2) is 0 Å². The smallest absolute Gasteiger partial charge is 0.0727 e. The van der Waals surface area contributed by atoms with Crippen LogP contribution in [-0.2, 0) is 4.74 Å². The largest absolute Gasteiger partial charge is 0.380 e. The molecule has 0 bridgehead atoms. The highest BCUT2D eigenvalue weighted by Crippen LogP contribution is 2.14. The molecule has 0 saturated carbocycles. The van der Waals surface area contributed by atoms with Crippen LogP contribution in [0, 0.1) is 0 Å². The standard InChI is InChI=1S/C10H11ClO/c1-12-8-10(7-11)9-5-3-2-4-6-9/h2-7H,8H2,1H3/b10-7-. The molecule has 1 aromatic carbocycles. The van der Waals surface area contributed by atoms with E-state index in [1.807, 2.05) is 30.3 Å². The van der Waals surface area contributed by atoms with Gasteiger partial charge in [0.05, 0.1) is 6.61 Å². The van der Waals surface area contributed by atoms with Crippen LogP contribution in [0.3, 0.4) is 0 Å². The molecule has 0 heterocycles. The normalized spacial score (nSPS) is 11.7. The Labute approximate surface area is 77.6 Å². The van der Waals surface area contributed by atoms with Crippen molar-refractivity contribution in [3.63, 3.8) is 0 Å². The minimum Gasteiger partial charge on any atom is -0.380 e. The van der Waals surface area contributed by atoms with Crippen molar-refractivity contribution in [1.82, 2.24) is 0 Å². The third-order valence-corrected chi connectivity index (χ3v) is 1.84. The second kappa shape index (κ2) is 4.96. The van der Waals surface area contributed by atoms with Gasteiger partial charge < -0.3 is 4.74 Å². The van der Waals surface area contributed by atoms with Crippen LogP contribution in [0.2, 0.25) is 0 Å². The van der Waals surface area contributed by atoms with E-state index in [9.17, 15) is 0 Å². The summed E-state index contributed by atoms with van der Waals surface area (Å²) in [5.41, 5.74) is 3.66. The number of methoxy groups -OCH3 is 1. The number of rotatable bonds is 3. The second-order valence-electron chi connectivity index (χ2n) is 2.43. The molecule has 0 unspecified atom stereocenters. The van der Waals surface area contributed by atoms with Gasteiger partial charge in [-0.3, -0.25) is 0 Å². The Kier molecular flexibility index (Phi) is 3.85. The van der Waals surface area contributed by atoms with Gasteiger partial charge in [0.25, 0.3) is 0 Å². The van der Waals surface area contributed by atoms with Gasteiger partial charge in [0.1, 0.15) is 0 Å². The Bertz CT molecular complexity index is 254. The van der Waals surface area contributed by atoms with E-state index in [0.29, 0.717) is 6.61 Å². The number of halogens is 1. The van der Waals surface area contributed by atoms with Crippen molar-refractivity contribution < 1.29 is 4.74 Å². The Morgan fingerprint density at radius 1 is 1.42 bits per heavy atom. The summed E-state index contributed by atoms with van der Waals surface area (Å²) in [4.78, 5) is 0. The molecule has 0 spiro atoms. The summed E-state index contributed by atoms with van der Waals surface area (Å²) in [7, 11) is 1.66. The molecule has 0 atom stereocenters. The van der Waals surface area contributed by atoms with E-state index in [-0.39, 0.29) is 0 Å². The Balaban J connectivity index is 2.82. The van der Waals surface area contributed by atoms with Gasteiger partial charge >= 0.3 is 0 Å². The van der Waals surface area contributed by atoms with Gasteiger partial charge in [-0.15, -0.1) is 0 Å². The molecule has 0 radical (unpaired) electrons. The van der Waals surface area contributed by atoms with Crippen LogP contribution in [-0.4, -0.2) is 13.7 Å². The first-order valence-corrected chi connectivity index (χ1v) is 4.15. The highest BCUT2D eigenvalue weighted by Gasteiger charge is 1.97. The van der Waals surface area contributed by atoms with Crippen LogP contribution in [0.25, 0.3) is 5.57 Å². The predicted molar refractivity (Wildman–Crippen MR) is 52.1 cm³/mol. The SMILES string of the molecule is COC/C(=C/Cl)c1ccccc1. The molecule has 12 heavy (non-hydrogen) atoms. The molecule has 1 rings (SSSR count). The quantitative estimate of drug-likeness (QED) is 0.699. The van der Waals surface area contributed by atoms with Crippen molar-refractivity contribution in [3.8, 4) is 0 Å². The number of ether oxygens (including phenoxy) is 1. The van der Waals surface area contributed by atoms with Gasteiger partial charge in [-0.1, -0.05) is 41.9 Å². The van der Waals surface area contributed by atoms with E-state index in [0.717, 1.165) is 11.1 Å². The topological polar surface area (TPSA) is 9.23 Å². The zero-order valence-corrected chi connectivity index (χ0v) is 7.71. The zero-order chi connectivity index (χ0) is 8.81. The van der Waals surface area contributed by atoms with Crippen molar-refractivity contribution in [2.45, 2.75) is 0 Å². The summed E-state index contributed by atoms with van der Waals surface area (Å²) < 4.78 is 5.00. The maximum Gasteiger partial charge on any atom is 0.0727 e. The molecule has 0 saturated heterocycles. The number of hydrogen-bond donors (Lipinski definition) is 0. The third kappa shape index (κ3) is 2.36. The number of benzene rings is 1. The lowest BCUT2D eigenvalue weighted by Gasteiger charge is -2.03. The maximum absolute atomic E-state index is 5.64. The monoisotopic (exact) mass is 182 g/mol. The van der Waals surface area contributed by atoms with E-state index in [4.69, 9.17) is 16.3 Å². The highest BCUT2D eigenvalue weighted by atomic mass is 35.5. The molecular weight excluding hydrogens is 172 g/mol. The van der Waals surface area contributed by atoms with Crippen LogP contribution in [0.4, 0.5) is 0 Å². The Hall–Kier alpha value is -0.790. The van der Waals surface area contributed by atoms with Crippen molar-refractivity contribution in [2.24, 2.45) is 0 Å². The van der Waals surface area contributed by atoms with Crippen LogP contribution < -0.4 is 0 Å². The summed E-state index contributed by atoms with van der Waals surface area (Å²) in [6.45, 7) is 0.549. The average molecular weight is 183 g/mol. The molecule has 0 aliphatic rings. The highest BCUT2D eigenvalue weighted by molar-refractivity contribution is 6.28. The molecular formula is C10H11ClO. The molecule has 0 aromatic heterocycles. The Morgan fingerprint density at radius 2 is 2.08 bits per heavy atom. The van der Waals surface area contributed by atoms with Crippen molar-refractivity contribution in [3.05, 3.63) is 41.4 Å². The summed E-state index contributed by atoms with van der Waals surface area (Å²) in [6.07, 6.45) is 0.